The van der Waals surface area contributed by atoms with Crippen molar-refractivity contribution in [2.24, 2.45) is 0 Å². The number of hydrogen-bond donors (Lipinski definition) is 1. The number of amides is 1. The molecule has 0 aliphatic carbocycles. The van der Waals surface area contributed by atoms with E-state index < -0.39 is 5.41 Å². The third kappa shape index (κ3) is 2.65. The Morgan fingerprint density at radius 1 is 1.00 bits per heavy atom. The van der Waals surface area contributed by atoms with Crippen LogP contribution in [0.3, 0.4) is 0 Å². The van der Waals surface area contributed by atoms with Crippen molar-refractivity contribution >= 4 is 23.2 Å². The summed E-state index contributed by atoms with van der Waals surface area (Å²) in [6.07, 6.45) is 0.517. The van der Waals surface area contributed by atoms with Gasteiger partial charge in [-0.1, -0.05) is 54.1 Å². The molecule has 0 spiro atoms. The SMILES string of the molecule is COc1cccc([C@@]2(Cc3cccc(Cl)c3)C(=O)Nc3ccccc32)c1. The summed E-state index contributed by atoms with van der Waals surface area (Å²) in [6, 6.07) is 23.2. The van der Waals surface area contributed by atoms with Crippen LogP contribution in [0.1, 0.15) is 16.7 Å². The number of fused-ring (bicyclic) bond motifs is 1. The molecule has 1 aliphatic rings. The number of carbonyl (C=O) groups excluding carboxylic acids is 1. The molecule has 4 rings (SSSR count). The Morgan fingerprint density at radius 3 is 2.62 bits per heavy atom. The molecule has 0 saturated carbocycles. The van der Waals surface area contributed by atoms with Gasteiger partial charge in [-0.25, -0.2) is 0 Å². The van der Waals surface area contributed by atoms with Crippen molar-refractivity contribution in [2.45, 2.75) is 11.8 Å². The third-order valence-corrected chi connectivity index (χ3v) is 5.18. The zero-order chi connectivity index (χ0) is 18.1. The highest BCUT2D eigenvalue weighted by molar-refractivity contribution is 6.30. The van der Waals surface area contributed by atoms with Crippen LogP contribution in [0.2, 0.25) is 5.02 Å². The predicted octanol–water partition coefficient (Wildman–Crippen LogP) is 4.83. The Balaban J connectivity index is 1.94. The molecule has 1 atom stereocenters. The van der Waals surface area contributed by atoms with Crippen molar-refractivity contribution in [3.05, 3.63) is 94.5 Å². The monoisotopic (exact) mass is 363 g/mol. The van der Waals surface area contributed by atoms with Gasteiger partial charge in [0.15, 0.2) is 0 Å². The first kappa shape index (κ1) is 16.7. The van der Waals surface area contributed by atoms with Crippen LogP contribution >= 0.6 is 11.6 Å². The molecule has 3 aromatic rings. The summed E-state index contributed by atoms with van der Waals surface area (Å²) in [5.41, 5.74) is 2.91. The second kappa shape index (κ2) is 6.50. The number of carbonyl (C=O) groups is 1. The molecule has 1 heterocycles. The minimum atomic E-state index is -0.824. The van der Waals surface area contributed by atoms with Crippen LogP contribution in [0.5, 0.6) is 5.75 Å². The Bertz CT molecular complexity index is 985. The molecular weight excluding hydrogens is 346 g/mol. The van der Waals surface area contributed by atoms with Crippen molar-refractivity contribution < 1.29 is 9.53 Å². The van der Waals surface area contributed by atoms with E-state index >= 15 is 0 Å². The first-order chi connectivity index (χ1) is 12.6. The molecule has 0 bridgehead atoms. The molecule has 0 aromatic heterocycles. The highest BCUT2D eigenvalue weighted by Gasteiger charge is 2.48. The average Bonchev–Trinajstić information content (AvgIpc) is 2.94. The minimum Gasteiger partial charge on any atom is -0.497 e. The Labute approximate surface area is 157 Å². The summed E-state index contributed by atoms with van der Waals surface area (Å²) < 4.78 is 5.40. The number of para-hydroxylation sites is 1. The summed E-state index contributed by atoms with van der Waals surface area (Å²) in [4.78, 5) is 13.3. The van der Waals surface area contributed by atoms with Crippen LogP contribution in [-0.4, -0.2) is 13.0 Å². The van der Waals surface area contributed by atoms with Gasteiger partial charge in [0.1, 0.15) is 11.2 Å². The summed E-state index contributed by atoms with van der Waals surface area (Å²) in [5, 5.41) is 3.71. The van der Waals surface area contributed by atoms with E-state index in [0.717, 1.165) is 28.1 Å². The normalized spacial score (nSPS) is 18.3. The predicted molar refractivity (Wildman–Crippen MR) is 104 cm³/mol. The molecule has 0 fully saturated rings. The lowest BCUT2D eigenvalue weighted by molar-refractivity contribution is -0.119. The summed E-state index contributed by atoms with van der Waals surface area (Å²) in [6.45, 7) is 0. The van der Waals surface area contributed by atoms with E-state index in [-0.39, 0.29) is 5.91 Å². The van der Waals surface area contributed by atoms with E-state index in [1.54, 1.807) is 7.11 Å². The molecular formula is C22H18ClNO2. The average molecular weight is 364 g/mol. The number of halogens is 1. The lowest BCUT2D eigenvalue weighted by Gasteiger charge is -2.29. The number of rotatable bonds is 4. The number of ether oxygens (including phenoxy) is 1. The summed E-state index contributed by atoms with van der Waals surface area (Å²) in [5.74, 6) is 0.692. The van der Waals surface area contributed by atoms with Crippen LogP contribution in [0.15, 0.2) is 72.8 Å². The minimum absolute atomic E-state index is 0.0353. The number of methoxy groups -OCH3 is 1. The van der Waals surface area contributed by atoms with E-state index in [9.17, 15) is 4.79 Å². The number of anilines is 1. The molecule has 3 nitrogen and oxygen atoms in total. The van der Waals surface area contributed by atoms with E-state index in [2.05, 4.69) is 5.32 Å². The largest absolute Gasteiger partial charge is 0.497 e. The van der Waals surface area contributed by atoms with Crippen molar-refractivity contribution in [3.8, 4) is 5.75 Å². The lowest BCUT2D eigenvalue weighted by atomic mass is 9.71. The van der Waals surface area contributed by atoms with Crippen LogP contribution in [0, 0.1) is 0 Å². The molecule has 0 saturated heterocycles. The standard InChI is InChI=1S/C22H18ClNO2/c1-26-18-9-5-7-16(13-18)22(14-15-6-4-8-17(23)12-15)19-10-2-3-11-20(19)24-21(22)25/h2-13H,14H2,1H3,(H,24,25)/t22-/m1/s1. The molecule has 0 radical (unpaired) electrons. The Morgan fingerprint density at radius 2 is 1.81 bits per heavy atom. The zero-order valence-electron chi connectivity index (χ0n) is 14.3. The number of benzene rings is 3. The maximum Gasteiger partial charge on any atom is 0.239 e. The highest BCUT2D eigenvalue weighted by atomic mass is 35.5. The molecule has 1 amide bonds. The molecule has 3 aromatic carbocycles. The molecule has 4 heteroatoms. The van der Waals surface area contributed by atoms with Gasteiger partial charge >= 0.3 is 0 Å². The van der Waals surface area contributed by atoms with Crippen LogP contribution in [0.25, 0.3) is 0 Å². The smallest absolute Gasteiger partial charge is 0.239 e. The van der Waals surface area contributed by atoms with Crippen molar-refractivity contribution in [2.75, 3.05) is 12.4 Å². The van der Waals surface area contributed by atoms with Gasteiger partial charge in [-0.2, -0.15) is 0 Å². The van der Waals surface area contributed by atoms with Gasteiger partial charge in [0, 0.05) is 10.7 Å². The molecule has 130 valence electrons. The van der Waals surface area contributed by atoms with Crippen molar-refractivity contribution in [1.82, 2.24) is 0 Å². The molecule has 0 unspecified atom stereocenters. The van der Waals surface area contributed by atoms with E-state index in [1.807, 2.05) is 72.8 Å². The Hall–Kier alpha value is -2.78. The van der Waals surface area contributed by atoms with E-state index in [1.165, 1.54) is 0 Å². The van der Waals surface area contributed by atoms with E-state index in [0.29, 0.717) is 11.4 Å². The first-order valence-corrected chi connectivity index (χ1v) is 8.81. The fourth-order valence-corrected chi connectivity index (χ4v) is 3.93. The second-order valence-electron chi connectivity index (χ2n) is 6.44. The van der Waals surface area contributed by atoms with E-state index in [4.69, 9.17) is 16.3 Å². The van der Waals surface area contributed by atoms with Crippen molar-refractivity contribution in [3.63, 3.8) is 0 Å². The topological polar surface area (TPSA) is 38.3 Å². The van der Waals surface area contributed by atoms with Gasteiger partial charge in [0.05, 0.1) is 7.11 Å². The zero-order valence-corrected chi connectivity index (χ0v) is 15.1. The van der Waals surface area contributed by atoms with Crippen molar-refractivity contribution in [1.29, 1.82) is 0 Å². The highest BCUT2D eigenvalue weighted by Crippen LogP contribution is 2.45. The first-order valence-electron chi connectivity index (χ1n) is 8.43. The maximum absolute atomic E-state index is 13.3. The lowest BCUT2D eigenvalue weighted by Crippen LogP contribution is -2.38. The summed E-state index contributed by atoms with van der Waals surface area (Å²) in [7, 11) is 1.63. The van der Waals surface area contributed by atoms with Gasteiger partial charge in [0.2, 0.25) is 5.91 Å². The summed E-state index contributed by atoms with van der Waals surface area (Å²) >= 11 is 6.19. The maximum atomic E-state index is 13.3. The molecule has 1 N–H and O–H groups in total. The van der Waals surface area contributed by atoms with Gasteiger partial charge in [-0.15, -0.1) is 0 Å². The van der Waals surface area contributed by atoms with Gasteiger partial charge in [0.25, 0.3) is 0 Å². The van der Waals surface area contributed by atoms with Gasteiger partial charge in [-0.05, 0) is 53.4 Å². The second-order valence-corrected chi connectivity index (χ2v) is 6.88. The van der Waals surface area contributed by atoms with Crippen LogP contribution in [-0.2, 0) is 16.6 Å². The molecule has 26 heavy (non-hydrogen) atoms. The quantitative estimate of drug-likeness (QED) is 0.721. The third-order valence-electron chi connectivity index (χ3n) is 4.94. The fraction of sp³-hybridized carbons (Fsp3) is 0.136. The number of nitrogens with one attached hydrogen (secondary N) is 1. The number of hydrogen-bond acceptors (Lipinski definition) is 2. The van der Waals surface area contributed by atoms with Gasteiger partial charge < -0.3 is 10.1 Å². The van der Waals surface area contributed by atoms with Crippen LogP contribution < -0.4 is 10.1 Å². The molecule has 1 aliphatic heterocycles. The fourth-order valence-electron chi connectivity index (χ4n) is 3.72. The van der Waals surface area contributed by atoms with Crippen LogP contribution in [0.4, 0.5) is 5.69 Å². The Kier molecular flexibility index (Phi) is 4.17. The van der Waals surface area contributed by atoms with Gasteiger partial charge in [-0.3, -0.25) is 4.79 Å².